The minimum absolute atomic E-state index is 0.0829. The molecule has 0 spiro atoms. The number of amides is 1. The van der Waals surface area contributed by atoms with Crippen LogP contribution in [-0.2, 0) is 11.4 Å². The molecule has 0 radical (unpaired) electrons. The van der Waals surface area contributed by atoms with E-state index in [0.29, 0.717) is 43.6 Å². The highest BCUT2D eigenvalue weighted by Gasteiger charge is 2.26. The van der Waals surface area contributed by atoms with Crippen molar-refractivity contribution >= 4 is 45.3 Å². The van der Waals surface area contributed by atoms with E-state index in [2.05, 4.69) is 20.3 Å². The van der Waals surface area contributed by atoms with E-state index in [1.165, 1.54) is 6.33 Å². The first kappa shape index (κ1) is 23.7. The number of carbonyl (C=O) groups excluding carboxylic acids is 1. The van der Waals surface area contributed by atoms with Crippen molar-refractivity contribution in [3.63, 3.8) is 0 Å². The maximum absolute atomic E-state index is 12.9. The van der Waals surface area contributed by atoms with E-state index >= 15 is 0 Å². The van der Waals surface area contributed by atoms with Crippen LogP contribution in [0.15, 0.2) is 66.5 Å². The van der Waals surface area contributed by atoms with E-state index in [1.807, 2.05) is 66.8 Å². The molecule has 1 aliphatic heterocycles. The van der Waals surface area contributed by atoms with Crippen LogP contribution in [0, 0.1) is 0 Å². The van der Waals surface area contributed by atoms with Crippen LogP contribution in [0.2, 0.25) is 0 Å². The Labute approximate surface area is 213 Å². The summed E-state index contributed by atoms with van der Waals surface area (Å²) in [5.74, 6) is 1.87. The first-order valence-corrected chi connectivity index (χ1v) is 12.4. The Balaban J connectivity index is 1.39. The van der Waals surface area contributed by atoms with Crippen LogP contribution in [0.5, 0.6) is 11.5 Å². The Morgan fingerprint density at radius 3 is 2.83 bits per heavy atom. The Bertz CT molecular complexity index is 1370. The summed E-state index contributed by atoms with van der Waals surface area (Å²) < 4.78 is 11.9. The highest BCUT2D eigenvalue weighted by molar-refractivity contribution is 7.09. The maximum Gasteiger partial charge on any atom is 0.250 e. The molecule has 1 amide bonds. The summed E-state index contributed by atoms with van der Waals surface area (Å²) >= 11 is 1.56. The monoisotopic (exact) mass is 502 g/mol. The van der Waals surface area contributed by atoms with Crippen LogP contribution < -0.4 is 19.7 Å². The van der Waals surface area contributed by atoms with Crippen molar-refractivity contribution in [2.75, 3.05) is 44.0 Å². The molecular formula is C26H26N6O3S. The first-order chi connectivity index (χ1) is 17.6. The summed E-state index contributed by atoms with van der Waals surface area (Å²) in [5.41, 5.74) is 2.27. The van der Waals surface area contributed by atoms with Crippen molar-refractivity contribution in [3.05, 3.63) is 71.5 Å². The molecule has 3 heterocycles. The normalized spacial score (nSPS) is 13.1. The number of fused-ring (bicyclic) bond motifs is 3. The summed E-state index contributed by atoms with van der Waals surface area (Å²) in [6.45, 7) is 1.99. The molecule has 2 aromatic carbocycles. The number of ether oxygens (including phenoxy) is 2. The number of hydrogen-bond donors (Lipinski definition) is 1. The third-order valence-electron chi connectivity index (χ3n) is 5.55. The lowest BCUT2D eigenvalue weighted by atomic mass is 10.1. The molecule has 9 nitrogen and oxygen atoms in total. The number of rotatable bonds is 8. The van der Waals surface area contributed by atoms with Gasteiger partial charge in [-0.3, -0.25) is 4.79 Å². The van der Waals surface area contributed by atoms with Gasteiger partial charge in [-0.05, 0) is 50.5 Å². The van der Waals surface area contributed by atoms with Crippen molar-refractivity contribution < 1.29 is 14.3 Å². The Hall–Kier alpha value is -4.02. The second kappa shape index (κ2) is 10.7. The fourth-order valence-electron chi connectivity index (χ4n) is 3.85. The molecule has 0 fully saturated rings. The Morgan fingerprint density at radius 2 is 2.06 bits per heavy atom. The number of aromatic nitrogens is 3. The third-order valence-corrected chi connectivity index (χ3v) is 6.30. The molecular weight excluding hydrogens is 476 g/mol. The van der Waals surface area contributed by atoms with Gasteiger partial charge in [0.2, 0.25) is 0 Å². The first-order valence-electron chi connectivity index (χ1n) is 11.5. The van der Waals surface area contributed by atoms with E-state index < -0.39 is 0 Å². The van der Waals surface area contributed by atoms with Gasteiger partial charge in [0.05, 0.1) is 23.1 Å². The fraction of sp³-hybridized carbons (Fsp3) is 0.231. The molecule has 0 saturated heterocycles. The Morgan fingerprint density at radius 1 is 1.19 bits per heavy atom. The number of benzene rings is 2. The van der Waals surface area contributed by atoms with Gasteiger partial charge in [0.1, 0.15) is 36.1 Å². The molecule has 184 valence electrons. The number of carbonyl (C=O) groups is 1. The van der Waals surface area contributed by atoms with Crippen LogP contribution in [0.4, 0.5) is 17.2 Å². The molecule has 1 N–H and O–H groups in total. The average Bonchev–Trinajstić information content (AvgIpc) is 3.41. The summed E-state index contributed by atoms with van der Waals surface area (Å²) in [6.07, 6.45) is 6.75. The van der Waals surface area contributed by atoms with E-state index in [9.17, 15) is 4.79 Å². The molecule has 0 atom stereocenters. The van der Waals surface area contributed by atoms with E-state index in [0.717, 1.165) is 27.3 Å². The Kier molecular flexibility index (Phi) is 7.06. The lowest BCUT2D eigenvalue weighted by molar-refractivity contribution is -0.114. The third kappa shape index (κ3) is 5.29. The highest BCUT2D eigenvalue weighted by atomic mass is 32.1. The average molecular weight is 503 g/mol. The minimum atomic E-state index is -0.0829. The van der Waals surface area contributed by atoms with Gasteiger partial charge >= 0.3 is 0 Å². The molecule has 0 aliphatic carbocycles. The molecule has 1 aliphatic rings. The summed E-state index contributed by atoms with van der Waals surface area (Å²) in [7, 11) is 3.92. The fourth-order valence-corrected chi connectivity index (χ4v) is 4.38. The molecule has 36 heavy (non-hydrogen) atoms. The van der Waals surface area contributed by atoms with Crippen LogP contribution in [0.3, 0.4) is 0 Å². The van der Waals surface area contributed by atoms with Gasteiger partial charge in [0.25, 0.3) is 5.91 Å². The van der Waals surface area contributed by atoms with Crippen molar-refractivity contribution in [2.24, 2.45) is 0 Å². The largest absolute Gasteiger partial charge is 0.489 e. The second-order valence-electron chi connectivity index (χ2n) is 8.40. The number of nitrogens with one attached hydrogen (secondary N) is 1. The smallest absolute Gasteiger partial charge is 0.250 e. The van der Waals surface area contributed by atoms with Crippen LogP contribution in [0.1, 0.15) is 5.01 Å². The zero-order chi connectivity index (χ0) is 24.9. The number of hydrogen-bond acceptors (Lipinski definition) is 9. The van der Waals surface area contributed by atoms with E-state index in [-0.39, 0.29) is 5.91 Å². The number of likely N-dealkylation sites (N-methyl/N-ethyl adjacent to an activating group) is 1. The van der Waals surface area contributed by atoms with Gasteiger partial charge in [-0.1, -0.05) is 6.08 Å². The van der Waals surface area contributed by atoms with Gasteiger partial charge < -0.3 is 24.6 Å². The van der Waals surface area contributed by atoms with Gasteiger partial charge in [-0.25, -0.2) is 15.0 Å². The van der Waals surface area contributed by atoms with Crippen LogP contribution >= 0.6 is 11.3 Å². The molecule has 5 rings (SSSR count). The molecule has 0 unspecified atom stereocenters. The SMILES string of the molecule is CN(C)C/C=C/C(=O)N1CCOc2c1ccc1ncnc(Nc3ccc(OCc4nccs4)cc3)c21. The highest BCUT2D eigenvalue weighted by Crippen LogP contribution is 2.41. The lowest BCUT2D eigenvalue weighted by Gasteiger charge is -2.30. The van der Waals surface area contributed by atoms with Gasteiger partial charge in [-0.2, -0.15) is 0 Å². The molecule has 0 saturated carbocycles. The standard InChI is InChI=1S/C26H26N6O3S/c1-31(2)12-3-4-23(33)32-13-14-34-25-21(32)10-9-20-24(25)26(29-17-28-20)30-18-5-7-19(8-6-18)35-16-22-27-11-15-36-22/h3-11,15,17H,12-14,16H2,1-2H3,(H,28,29,30)/b4-3+. The van der Waals surface area contributed by atoms with Crippen molar-refractivity contribution in [1.82, 2.24) is 19.9 Å². The summed E-state index contributed by atoms with van der Waals surface area (Å²) in [4.78, 5) is 29.8. The predicted octanol–water partition coefficient (Wildman–Crippen LogP) is 4.25. The van der Waals surface area contributed by atoms with Gasteiger partial charge in [0.15, 0.2) is 5.75 Å². The van der Waals surface area contributed by atoms with Crippen LogP contribution in [0.25, 0.3) is 10.9 Å². The number of nitrogens with zero attached hydrogens (tertiary/aromatic N) is 5. The van der Waals surface area contributed by atoms with E-state index in [4.69, 9.17) is 9.47 Å². The van der Waals surface area contributed by atoms with Gasteiger partial charge in [-0.15, -0.1) is 11.3 Å². The van der Waals surface area contributed by atoms with Crippen molar-refractivity contribution in [3.8, 4) is 11.5 Å². The van der Waals surface area contributed by atoms with Crippen LogP contribution in [-0.4, -0.2) is 59.6 Å². The molecule has 2 aromatic heterocycles. The second-order valence-corrected chi connectivity index (χ2v) is 9.38. The number of thiazole rings is 1. The zero-order valence-electron chi connectivity index (χ0n) is 20.0. The van der Waals surface area contributed by atoms with Crippen molar-refractivity contribution in [2.45, 2.75) is 6.61 Å². The lowest BCUT2D eigenvalue weighted by Crippen LogP contribution is -2.37. The van der Waals surface area contributed by atoms with E-state index in [1.54, 1.807) is 28.5 Å². The molecule has 0 bridgehead atoms. The number of anilines is 3. The van der Waals surface area contributed by atoms with Crippen molar-refractivity contribution in [1.29, 1.82) is 0 Å². The zero-order valence-corrected chi connectivity index (χ0v) is 20.9. The summed E-state index contributed by atoms with van der Waals surface area (Å²) in [5, 5.41) is 6.95. The minimum Gasteiger partial charge on any atom is -0.489 e. The molecule has 4 aromatic rings. The molecule has 10 heteroatoms. The topological polar surface area (TPSA) is 92.7 Å². The van der Waals surface area contributed by atoms with Gasteiger partial charge in [0, 0.05) is 29.9 Å². The quantitative estimate of drug-likeness (QED) is 0.358. The predicted molar refractivity (Wildman–Crippen MR) is 141 cm³/mol. The maximum atomic E-state index is 12.9. The summed E-state index contributed by atoms with van der Waals surface area (Å²) in [6, 6.07) is 11.4.